The summed E-state index contributed by atoms with van der Waals surface area (Å²) < 4.78 is 5.04. The number of benzene rings is 2. The number of anilines is 2. The van der Waals surface area contributed by atoms with Crippen molar-refractivity contribution in [2.24, 2.45) is 0 Å². The predicted molar refractivity (Wildman–Crippen MR) is 102 cm³/mol. The lowest BCUT2D eigenvalue weighted by molar-refractivity contribution is -0.140. The van der Waals surface area contributed by atoms with E-state index in [4.69, 9.17) is 4.74 Å². The number of urea groups is 1. The maximum Gasteiger partial charge on any atom is 0.339 e. The van der Waals surface area contributed by atoms with Crippen LogP contribution >= 0.6 is 0 Å². The molecule has 2 aromatic carbocycles. The third kappa shape index (κ3) is 3.44. The summed E-state index contributed by atoms with van der Waals surface area (Å²) in [6.07, 6.45) is 0. The molecule has 1 aliphatic rings. The van der Waals surface area contributed by atoms with Gasteiger partial charge >= 0.3 is 17.8 Å². The number of hydrogen-bond donors (Lipinski definition) is 1. The molecule has 8 nitrogen and oxygen atoms in total. The van der Waals surface area contributed by atoms with Crippen molar-refractivity contribution in [3.8, 4) is 5.75 Å². The number of ether oxygens (including phenoxy) is 1. The number of methoxy groups -OCH3 is 1. The Morgan fingerprint density at radius 1 is 1.00 bits per heavy atom. The highest BCUT2D eigenvalue weighted by Gasteiger charge is 2.46. The molecule has 1 heterocycles. The highest BCUT2D eigenvalue weighted by Crippen LogP contribution is 2.25. The van der Waals surface area contributed by atoms with Gasteiger partial charge in [-0.1, -0.05) is 12.1 Å². The van der Waals surface area contributed by atoms with Crippen LogP contribution in [0.2, 0.25) is 0 Å². The Morgan fingerprint density at radius 3 is 2.32 bits per heavy atom. The van der Waals surface area contributed by atoms with Gasteiger partial charge in [-0.25, -0.2) is 14.6 Å². The van der Waals surface area contributed by atoms with E-state index in [-0.39, 0.29) is 5.69 Å². The van der Waals surface area contributed by atoms with Crippen LogP contribution in [0.25, 0.3) is 0 Å². The van der Waals surface area contributed by atoms with Gasteiger partial charge in [-0.3, -0.25) is 14.4 Å². The minimum absolute atomic E-state index is 0.224. The van der Waals surface area contributed by atoms with Crippen molar-refractivity contribution in [3.63, 3.8) is 0 Å². The van der Waals surface area contributed by atoms with Crippen LogP contribution in [-0.2, 0) is 14.4 Å². The maximum atomic E-state index is 12.6. The van der Waals surface area contributed by atoms with E-state index >= 15 is 0 Å². The van der Waals surface area contributed by atoms with E-state index in [0.29, 0.717) is 16.3 Å². The monoisotopic (exact) mass is 381 g/mol. The fraction of sp³-hybridized carbons (Fsp3) is 0.200. The number of amides is 5. The second-order valence-corrected chi connectivity index (χ2v) is 6.31. The normalized spacial score (nSPS) is 13.9. The molecule has 5 amide bonds. The molecule has 0 spiro atoms. The van der Waals surface area contributed by atoms with Crippen LogP contribution in [0.1, 0.15) is 11.1 Å². The first-order chi connectivity index (χ1) is 13.3. The van der Waals surface area contributed by atoms with Crippen LogP contribution in [0.15, 0.2) is 42.5 Å². The zero-order valence-corrected chi connectivity index (χ0v) is 15.7. The van der Waals surface area contributed by atoms with Crippen molar-refractivity contribution < 1.29 is 23.9 Å². The molecule has 0 atom stereocenters. The Kier molecular flexibility index (Phi) is 5.12. The molecular formula is C20H19N3O5. The van der Waals surface area contributed by atoms with Crippen molar-refractivity contribution in [1.82, 2.24) is 4.90 Å². The van der Waals surface area contributed by atoms with E-state index in [9.17, 15) is 19.2 Å². The Hall–Kier alpha value is -3.68. The summed E-state index contributed by atoms with van der Waals surface area (Å²) in [5.41, 5.74) is 2.68. The highest BCUT2D eigenvalue weighted by atomic mass is 16.5. The fourth-order valence-corrected chi connectivity index (χ4v) is 2.82. The number of nitrogens with one attached hydrogen (secondary N) is 1. The molecule has 3 rings (SSSR count). The number of hydrogen-bond acceptors (Lipinski definition) is 5. The number of imide groups is 2. The fourth-order valence-electron chi connectivity index (χ4n) is 2.82. The lowest BCUT2D eigenvalue weighted by atomic mass is 10.1. The Balaban J connectivity index is 1.76. The van der Waals surface area contributed by atoms with Crippen LogP contribution in [0.4, 0.5) is 16.2 Å². The lowest BCUT2D eigenvalue weighted by Gasteiger charge is -2.16. The third-order valence-corrected chi connectivity index (χ3v) is 4.56. The standard InChI is InChI=1S/C20H19N3O5/c1-12-5-4-6-16(13(12)2)21-17(24)11-22-18(25)19(26)23(20(22)27)14-7-9-15(28-3)10-8-14/h4-10H,11H2,1-3H3,(H,21,24). The Bertz CT molecular complexity index is 968. The molecule has 0 aromatic heterocycles. The smallest absolute Gasteiger partial charge is 0.339 e. The molecule has 1 fully saturated rings. The molecule has 0 radical (unpaired) electrons. The van der Waals surface area contributed by atoms with Crippen LogP contribution in [0.3, 0.4) is 0 Å². The van der Waals surface area contributed by atoms with Gasteiger partial charge in [-0.05, 0) is 55.3 Å². The Labute approximate surface area is 161 Å². The van der Waals surface area contributed by atoms with E-state index in [2.05, 4.69) is 5.32 Å². The van der Waals surface area contributed by atoms with Gasteiger partial charge in [-0.2, -0.15) is 0 Å². The van der Waals surface area contributed by atoms with E-state index in [1.54, 1.807) is 24.3 Å². The third-order valence-electron chi connectivity index (χ3n) is 4.56. The van der Waals surface area contributed by atoms with Crippen LogP contribution in [0.5, 0.6) is 5.75 Å². The van der Waals surface area contributed by atoms with E-state index in [0.717, 1.165) is 16.0 Å². The first kappa shape index (κ1) is 19.1. The highest BCUT2D eigenvalue weighted by molar-refractivity contribution is 6.53. The molecule has 0 bridgehead atoms. The summed E-state index contributed by atoms with van der Waals surface area (Å²) in [4.78, 5) is 50.8. The summed E-state index contributed by atoms with van der Waals surface area (Å²) in [6.45, 7) is 3.21. The van der Waals surface area contributed by atoms with Crippen LogP contribution in [-0.4, -0.2) is 42.3 Å². The molecule has 1 N–H and O–H groups in total. The van der Waals surface area contributed by atoms with E-state index < -0.39 is 30.3 Å². The second kappa shape index (κ2) is 7.51. The Morgan fingerprint density at radius 2 is 1.68 bits per heavy atom. The molecule has 1 saturated heterocycles. The van der Waals surface area contributed by atoms with Crippen LogP contribution < -0.4 is 15.0 Å². The van der Waals surface area contributed by atoms with Gasteiger partial charge in [0.25, 0.3) is 0 Å². The van der Waals surface area contributed by atoms with Crippen molar-refractivity contribution >= 4 is 35.1 Å². The van der Waals surface area contributed by atoms with Gasteiger partial charge in [0.15, 0.2) is 0 Å². The number of aryl methyl sites for hydroxylation is 1. The number of carbonyl (C=O) groups is 4. The molecule has 1 aliphatic heterocycles. The molecule has 0 saturated carbocycles. The van der Waals surface area contributed by atoms with Crippen molar-refractivity contribution in [3.05, 3.63) is 53.6 Å². The minimum Gasteiger partial charge on any atom is -0.497 e. The SMILES string of the molecule is COc1ccc(N2C(=O)C(=O)N(CC(=O)Nc3cccc(C)c3C)C2=O)cc1. The van der Waals surface area contributed by atoms with Gasteiger partial charge < -0.3 is 10.1 Å². The predicted octanol–water partition coefficient (Wildman–Crippen LogP) is 2.25. The molecule has 0 unspecified atom stereocenters. The van der Waals surface area contributed by atoms with E-state index in [1.807, 2.05) is 19.9 Å². The summed E-state index contributed by atoms with van der Waals surface area (Å²) >= 11 is 0. The molecular weight excluding hydrogens is 362 g/mol. The van der Waals surface area contributed by atoms with Gasteiger partial charge in [0.1, 0.15) is 12.3 Å². The van der Waals surface area contributed by atoms with Gasteiger partial charge in [-0.15, -0.1) is 0 Å². The molecule has 0 aliphatic carbocycles. The second-order valence-electron chi connectivity index (χ2n) is 6.31. The topological polar surface area (TPSA) is 96.0 Å². The maximum absolute atomic E-state index is 12.6. The van der Waals surface area contributed by atoms with Crippen LogP contribution in [0, 0.1) is 13.8 Å². The molecule has 28 heavy (non-hydrogen) atoms. The number of carbonyl (C=O) groups excluding carboxylic acids is 4. The number of nitrogens with zero attached hydrogens (tertiary/aromatic N) is 2. The first-order valence-corrected chi connectivity index (χ1v) is 8.53. The summed E-state index contributed by atoms with van der Waals surface area (Å²) in [5.74, 6) is -2.08. The molecule has 144 valence electrons. The quantitative estimate of drug-likeness (QED) is 0.633. The molecule has 8 heteroatoms. The van der Waals surface area contributed by atoms with Crippen molar-refractivity contribution in [2.75, 3.05) is 23.9 Å². The summed E-state index contributed by atoms with van der Waals surface area (Å²) in [5, 5.41) is 2.67. The van der Waals surface area contributed by atoms with Gasteiger partial charge in [0, 0.05) is 5.69 Å². The summed E-state index contributed by atoms with van der Waals surface area (Å²) in [7, 11) is 1.49. The average Bonchev–Trinajstić information content (AvgIpc) is 2.89. The van der Waals surface area contributed by atoms with Gasteiger partial charge in [0.05, 0.1) is 12.8 Å². The van der Waals surface area contributed by atoms with Crippen molar-refractivity contribution in [1.29, 1.82) is 0 Å². The number of rotatable bonds is 5. The first-order valence-electron chi connectivity index (χ1n) is 8.53. The average molecular weight is 381 g/mol. The van der Waals surface area contributed by atoms with Crippen molar-refractivity contribution in [2.45, 2.75) is 13.8 Å². The largest absolute Gasteiger partial charge is 0.497 e. The zero-order chi connectivity index (χ0) is 20.4. The zero-order valence-electron chi connectivity index (χ0n) is 15.7. The lowest BCUT2D eigenvalue weighted by Crippen LogP contribution is -2.39. The minimum atomic E-state index is -1.04. The summed E-state index contributed by atoms with van der Waals surface area (Å²) in [6, 6.07) is 10.7. The van der Waals surface area contributed by atoms with Gasteiger partial charge in [0.2, 0.25) is 5.91 Å². The molecule has 2 aromatic rings. The van der Waals surface area contributed by atoms with E-state index in [1.165, 1.54) is 19.2 Å².